The van der Waals surface area contributed by atoms with E-state index in [-0.39, 0.29) is 28.7 Å². The van der Waals surface area contributed by atoms with Crippen molar-refractivity contribution in [3.05, 3.63) is 71.7 Å². The fraction of sp³-hybridized carbons (Fsp3) is 0.231. The number of nitrogens with one attached hydrogen (secondary N) is 1. The number of fused-ring (bicyclic) bond motifs is 3. The zero-order valence-electron chi connectivity index (χ0n) is 20.2. The Labute approximate surface area is 243 Å². The van der Waals surface area contributed by atoms with Crippen molar-refractivity contribution in [1.29, 1.82) is 0 Å². The number of hydrazone groups is 1. The molecular formula is C26H22Br2N4O4S2. The summed E-state index contributed by atoms with van der Waals surface area (Å²) in [4.78, 5) is 33.2. The largest absolute Gasteiger partial charge is 0.503 e. The topological polar surface area (TPSA) is 106 Å². The number of methoxy groups -OCH3 is 1. The van der Waals surface area contributed by atoms with Gasteiger partial charge in [-0.1, -0.05) is 27.7 Å². The quantitative estimate of drug-likeness (QED) is 0.111. The first-order chi connectivity index (χ1) is 18.4. The van der Waals surface area contributed by atoms with Gasteiger partial charge in [-0.15, -0.1) is 11.3 Å². The van der Waals surface area contributed by atoms with Crippen molar-refractivity contribution >= 4 is 77.3 Å². The molecule has 196 valence electrons. The van der Waals surface area contributed by atoms with Gasteiger partial charge in [0.25, 0.3) is 11.5 Å². The molecule has 4 aromatic rings. The van der Waals surface area contributed by atoms with E-state index in [1.165, 1.54) is 30.0 Å². The lowest BCUT2D eigenvalue weighted by Gasteiger charge is -2.13. The highest BCUT2D eigenvalue weighted by molar-refractivity contribution is 9.10. The average molecular weight is 678 g/mol. The van der Waals surface area contributed by atoms with Gasteiger partial charge in [-0.3, -0.25) is 14.2 Å². The number of carbonyl (C=O) groups is 1. The summed E-state index contributed by atoms with van der Waals surface area (Å²) in [5, 5.41) is 15.1. The van der Waals surface area contributed by atoms with Crippen molar-refractivity contribution in [2.45, 2.75) is 30.8 Å². The Morgan fingerprint density at radius 1 is 1.26 bits per heavy atom. The fourth-order valence-electron chi connectivity index (χ4n) is 4.27. The van der Waals surface area contributed by atoms with Crippen molar-refractivity contribution < 1.29 is 14.6 Å². The van der Waals surface area contributed by atoms with Crippen LogP contribution in [-0.4, -0.2) is 39.6 Å². The number of carbonyl (C=O) groups excluding carboxylic acids is 1. The van der Waals surface area contributed by atoms with Crippen LogP contribution in [0, 0.1) is 0 Å². The third-order valence-electron chi connectivity index (χ3n) is 6.05. The molecule has 2 aromatic carbocycles. The molecule has 8 nitrogen and oxygen atoms in total. The van der Waals surface area contributed by atoms with Crippen molar-refractivity contribution in [1.82, 2.24) is 15.0 Å². The molecule has 0 aliphatic heterocycles. The molecule has 0 fully saturated rings. The zero-order chi connectivity index (χ0) is 26.8. The smallest absolute Gasteiger partial charge is 0.267 e. The van der Waals surface area contributed by atoms with E-state index in [1.807, 2.05) is 24.3 Å². The summed E-state index contributed by atoms with van der Waals surface area (Å²) in [6.45, 7) is 0. The number of rotatable bonds is 7. The molecule has 0 spiro atoms. The molecule has 0 bridgehead atoms. The van der Waals surface area contributed by atoms with Crippen LogP contribution < -0.4 is 15.7 Å². The summed E-state index contributed by atoms with van der Waals surface area (Å²) in [6, 6.07) is 10.7. The maximum atomic E-state index is 13.8. The zero-order valence-corrected chi connectivity index (χ0v) is 25.0. The molecule has 0 saturated heterocycles. The number of hydrogen-bond donors (Lipinski definition) is 2. The van der Waals surface area contributed by atoms with Crippen LogP contribution in [0.4, 0.5) is 0 Å². The number of amides is 1. The Kier molecular flexibility index (Phi) is 8.22. The van der Waals surface area contributed by atoms with Crippen LogP contribution in [0.5, 0.6) is 11.5 Å². The molecule has 38 heavy (non-hydrogen) atoms. The predicted molar refractivity (Wildman–Crippen MR) is 158 cm³/mol. The van der Waals surface area contributed by atoms with E-state index in [9.17, 15) is 14.7 Å². The van der Waals surface area contributed by atoms with Crippen molar-refractivity contribution in [2.75, 3.05) is 12.9 Å². The number of thiophene rings is 1. The van der Waals surface area contributed by atoms with Crippen LogP contribution in [0.3, 0.4) is 0 Å². The number of halogens is 2. The first-order valence-electron chi connectivity index (χ1n) is 11.7. The summed E-state index contributed by atoms with van der Waals surface area (Å²) < 4.78 is 8.08. The van der Waals surface area contributed by atoms with E-state index >= 15 is 0 Å². The molecule has 0 unspecified atom stereocenters. The number of phenols is 1. The minimum absolute atomic E-state index is 0.0134. The first-order valence-corrected chi connectivity index (χ1v) is 15.1. The fourth-order valence-corrected chi connectivity index (χ4v) is 7.10. The Balaban J connectivity index is 1.40. The molecule has 0 saturated carbocycles. The summed E-state index contributed by atoms with van der Waals surface area (Å²) in [5.74, 6) is -0.0685. The SMILES string of the molecule is COc1cc(C=NNC(=O)CSc2nc3sc4c(c3c(=O)n2-c2ccc(Br)cc2)CCCC4)cc(Br)c1O. The Morgan fingerprint density at radius 2 is 2.03 bits per heavy atom. The van der Waals surface area contributed by atoms with Crippen molar-refractivity contribution in [3.63, 3.8) is 0 Å². The number of ether oxygens (including phenoxy) is 1. The van der Waals surface area contributed by atoms with Crippen LogP contribution in [0.25, 0.3) is 15.9 Å². The van der Waals surface area contributed by atoms with Gasteiger partial charge in [0, 0.05) is 9.35 Å². The third kappa shape index (κ3) is 5.54. The molecule has 12 heteroatoms. The normalized spacial score (nSPS) is 13.1. The predicted octanol–water partition coefficient (Wildman–Crippen LogP) is 5.81. The molecular weight excluding hydrogens is 656 g/mol. The molecule has 2 aromatic heterocycles. The molecule has 2 N–H and O–H groups in total. The van der Waals surface area contributed by atoms with Crippen molar-refractivity contribution in [3.8, 4) is 17.2 Å². The lowest BCUT2D eigenvalue weighted by molar-refractivity contribution is -0.118. The second-order valence-electron chi connectivity index (χ2n) is 8.54. The van der Waals surface area contributed by atoms with E-state index in [4.69, 9.17) is 9.72 Å². The monoisotopic (exact) mass is 676 g/mol. The van der Waals surface area contributed by atoms with Gasteiger partial charge in [0.2, 0.25) is 0 Å². The maximum Gasteiger partial charge on any atom is 0.267 e. The van der Waals surface area contributed by atoms with Gasteiger partial charge in [0.15, 0.2) is 16.7 Å². The van der Waals surface area contributed by atoms with Gasteiger partial charge in [-0.05, 0) is 89.1 Å². The van der Waals surface area contributed by atoms with Crippen LogP contribution in [0.2, 0.25) is 0 Å². The van der Waals surface area contributed by atoms with Crippen LogP contribution in [-0.2, 0) is 17.6 Å². The third-order valence-corrected chi connectivity index (χ3v) is 9.31. The molecule has 2 heterocycles. The van der Waals surface area contributed by atoms with E-state index in [1.54, 1.807) is 28.0 Å². The molecule has 0 radical (unpaired) electrons. The number of nitrogens with zero attached hydrogens (tertiary/aromatic N) is 3. The highest BCUT2D eigenvalue weighted by Gasteiger charge is 2.23. The standard InChI is InChI=1S/C26H22Br2N4O4S2/c1-36-19-11-14(10-18(28)23(19)34)12-29-31-21(33)13-37-26-30-24-22(17-4-2-3-5-20(17)38-24)25(35)32(26)16-8-6-15(27)7-9-16/h6-12,34H,2-5,13H2,1H3,(H,31,33). The van der Waals surface area contributed by atoms with Crippen LogP contribution >= 0.6 is 55.0 Å². The number of thioether (sulfide) groups is 1. The lowest BCUT2D eigenvalue weighted by atomic mass is 9.97. The van der Waals surface area contributed by atoms with E-state index in [0.717, 1.165) is 40.5 Å². The van der Waals surface area contributed by atoms with Gasteiger partial charge in [0.1, 0.15) is 4.83 Å². The molecule has 0 atom stereocenters. The molecule has 1 aliphatic rings. The van der Waals surface area contributed by atoms with E-state index in [0.29, 0.717) is 26.3 Å². The van der Waals surface area contributed by atoms with Crippen LogP contribution in [0.15, 0.2) is 60.4 Å². The van der Waals surface area contributed by atoms with Gasteiger partial charge in [0.05, 0.1) is 34.6 Å². The first kappa shape index (κ1) is 26.9. The second kappa shape index (κ2) is 11.6. The van der Waals surface area contributed by atoms with Gasteiger partial charge >= 0.3 is 0 Å². The van der Waals surface area contributed by atoms with E-state index < -0.39 is 0 Å². The van der Waals surface area contributed by atoms with Gasteiger partial charge in [-0.2, -0.15) is 5.10 Å². The molecule has 5 rings (SSSR count). The lowest BCUT2D eigenvalue weighted by Crippen LogP contribution is -2.24. The highest BCUT2D eigenvalue weighted by Crippen LogP contribution is 2.36. The summed E-state index contributed by atoms with van der Waals surface area (Å²) in [6.07, 6.45) is 5.51. The van der Waals surface area contributed by atoms with E-state index in [2.05, 4.69) is 42.4 Å². The van der Waals surface area contributed by atoms with Gasteiger partial charge < -0.3 is 9.84 Å². The maximum absolute atomic E-state index is 13.8. The summed E-state index contributed by atoms with van der Waals surface area (Å²) in [7, 11) is 1.45. The van der Waals surface area contributed by atoms with Crippen LogP contribution in [0.1, 0.15) is 28.8 Å². The highest BCUT2D eigenvalue weighted by atomic mass is 79.9. The summed E-state index contributed by atoms with van der Waals surface area (Å²) >= 11 is 9.48. The Morgan fingerprint density at radius 3 is 2.79 bits per heavy atom. The number of aryl methyl sites for hydroxylation is 2. The number of aromatic hydroxyl groups is 1. The number of aromatic nitrogens is 2. The average Bonchev–Trinajstić information content (AvgIpc) is 3.29. The minimum atomic E-state index is -0.349. The Hall–Kier alpha value is -2.67. The molecule has 1 amide bonds. The number of phenolic OH excluding ortho intramolecular Hbond substituents is 1. The van der Waals surface area contributed by atoms with Crippen molar-refractivity contribution in [2.24, 2.45) is 5.10 Å². The summed E-state index contributed by atoms with van der Waals surface area (Å²) in [5.41, 5.74) is 4.84. The van der Waals surface area contributed by atoms with Gasteiger partial charge in [-0.25, -0.2) is 10.4 Å². The number of benzene rings is 2. The Bertz CT molecular complexity index is 1620. The number of hydrogen-bond acceptors (Lipinski definition) is 8. The molecule has 1 aliphatic carbocycles. The second-order valence-corrected chi connectivity index (χ2v) is 12.3. The minimum Gasteiger partial charge on any atom is -0.503 e.